The van der Waals surface area contributed by atoms with E-state index in [1.54, 1.807) is 12.1 Å². The van der Waals surface area contributed by atoms with E-state index in [2.05, 4.69) is 69.7 Å². The van der Waals surface area contributed by atoms with Crippen molar-refractivity contribution in [3.8, 4) is 0 Å². The van der Waals surface area contributed by atoms with Gasteiger partial charge in [0.25, 0.3) is 0 Å². The van der Waals surface area contributed by atoms with Gasteiger partial charge in [-0.1, -0.05) is 33.4 Å². The second-order valence-electron chi connectivity index (χ2n) is 10.6. The van der Waals surface area contributed by atoms with E-state index in [0.717, 1.165) is 50.5 Å². The fraction of sp³-hybridized carbons (Fsp3) is 0.615. The molecule has 0 bridgehead atoms. The summed E-state index contributed by atoms with van der Waals surface area (Å²) in [6.07, 6.45) is 1.96. The fourth-order valence-corrected chi connectivity index (χ4v) is 4.37. The normalized spacial score (nSPS) is 17.0. The maximum atomic E-state index is 13.5. The SMILES string of the molecule is C=C/C(C)=C(\C)N(CC(C)(C)C)C(C)(C)CN1CCN(c2ccc(F)cc2C)CC1. The zero-order valence-corrected chi connectivity index (χ0v) is 20.5. The number of nitrogens with zero attached hydrogens (tertiary/aromatic N) is 3. The van der Waals surface area contributed by atoms with Crippen LogP contribution in [0.3, 0.4) is 0 Å². The molecule has 1 aliphatic heterocycles. The molecule has 0 amide bonds. The lowest BCUT2D eigenvalue weighted by Crippen LogP contribution is -2.57. The van der Waals surface area contributed by atoms with Crippen LogP contribution in [0.25, 0.3) is 0 Å². The van der Waals surface area contributed by atoms with Gasteiger partial charge >= 0.3 is 0 Å². The molecule has 0 aliphatic carbocycles. The Kier molecular flexibility index (Phi) is 7.79. The predicted octanol–water partition coefficient (Wildman–Crippen LogP) is 5.86. The van der Waals surface area contributed by atoms with E-state index in [-0.39, 0.29) is 16.8 Å². The first-order chi connectivity index (χ1) is 13.8. The van der Waals surface area contributed by atoms with Crippen LogP contribution in [0.2, 0.25) is 0 Å². The molecule has 4 heteroatoms. The molecule has 1 saturated heterocycles. The van der Waals surface area contributed by atoms with E-state index in [4.69, 9.17) is 0 Å². The van der Waals surface area contributed by atoms with Crippen LogP contribution in [-0.4, -0.2) is 54.6 Å². The van der Waals surface area contributed by atoms with E-state index >= 15 is 0 Å². The minimum Gasteiger partial charge on any atom is -0.369 e. The zero-order valence-electron chi connectivity index (χ0n) is 20.5. The topological polar surface area (TPSA) is 9.72 Å². The van der Waals surface area contributed by atoms with Gasteiger partial charge < -0.3 is 9.80 Å². The van der Waals surface area contributed by atoms with Crippen molar-refractivity contribution in [2.75, 3.05) is 44.2 Å². The highest BCUT2D eigenvalue weighted by Crippen LogP contribution is 2.30. The van der Waals surface area contributed by atoms with Crippen LogP contribution >= 0.6 is 0 Å². The first-order valence-electron chi connectivity index (χ1n) is 11.1. The van der Waals surface area contributed by atoms with Crippen molar-refractivity contribution in [1.82, 2.24) is 9.80 Å². The lowest BCUT2D eigenvalue weighted by molar-refractivity contribution is 0.0728. The third kappa shape index (κ3) is 6.34. The average Bonchev–Trinajstić information content (AvgIpc) is 2.65. The highest BCUT2D eigenvalue weighted by molar-refractivity contribution is 5.53. The molecule has 0 saturated carbocycles. The molecule has 1 fully saturated rings. The van der Waals surface area contributed by atoms with E-state index in [1.165, 1.54) is 11.3 Å². The molecule has 0 aromatic heterocycles. The van der Waals surface area contributed by atoms with Gasteiger partial charge in [0, 0.05) is 56.2 Å². The number of hydrogen-bond donors (Lipinski definition) is 0. The molecule has 0 N–H and O–H groups in total. The maximum Gasteiger partial charge on any atom is 0.123 e. The number of benzene rings is 1. The molecule has 1 aromatic rings. The van der Waals surface area contributed by atoms with E-state index < -0.39 is 0 Å². The number of hydrogen-bond acceptors (Lipinski definition) is 3. The summed E-state index contributed by atoms with van der Waals surface area (Å²) < 4.78 is 13.5. The van der Waals surface area contributed by atoms with Gasteiger partial charge in [-0.05, 0) is 69.4 Å². The molecule has 2 rings (SSSR count). The van der Waals surface area contributed by atoms with Gasteiger partial charge in [0.05, 0.1) is 0 Å². The maximum absolute atomic E-state index is 13.5. The molecule has 0 atom stereocenters. The summed E-state index contributed by atoms with van der Waals surface area (Å²) in [5.41, 5.74) is 4.94. The largest absolute Gasteiger partial charge is 0.369 e. The summed E-state index contributed by atoms with van der Waals surface area (Å²) in [7, 11) is 0. The van der Waals surface area contributed by atoms with Crippen molar-refractivity contribution in [2.24, 2.45) is 5.41 Å². The smallest absolute Gasteiger partial charge is 0.123 e. The minimum absolute atomic E-state index is 0.00952. The number of aryl methyl sites for hydroxylation is 1. The number of piperazine rings is 1. The van der Waals surface area contributed by atoms with Crippen molar-refractivity contribution in [3.05, 3.63) is 53.5 Å². The number of halogens is 1. The summed E-state index contributed by atoms with van der Waals surface area (Å²) >= 11 is 0. The molecule has 0 spiro atoms. The summed E-state index contributed by atoms with van der Waals surface area (Å²) in [6.45, 7) is 28.0. The highest BCUT2D eigenvalue weighted by Gasteiger charge is 2.33. The molecule has 168 valence electrons. The van der Waals surface area contributed by atoms with Crippen LogP contribution in [0, 0.1) is 18.2 Å². The third-order valence-corrected chi connectivity index (χ3v) is 6.13. The van der Waals surface area contributed by atoms with Gasteiger partial charge in [0.2, 0.25) is 0 Å². The summed E-state index contributed by atoms with van der Waals surface area (Å²) in [4.78, 5) is 7.53. The van der Waals surface area contributed by atoms with Crippen molar-refractivity contribution < 1.29 is 4.39 Å². The van der Waals surface area contributed by atoms with Gasteiger partial charge in [0.15, 0.2) is 0 Å². The highest BCUT2D eigenvalue weighted by atomic mass is 19.1. The number of anilines is 1. The monoisotopic (exact) mass is 415 g/mol. The molecule has 1 heterocycles. The molecule has 1 aliphatic rings. The quantitative estimate of drug-likeness (QED) is 0.516. The Morgan fingerprint density at radius 3 is 2.20 bits per heavy atom. The van der Waals surface area contributed by atoms with Crippen molar-refractivity contribution in [3.63, 3.8) is 0 Å². The Bertz CT molecular complexity index is 765. The van der Waals surface area contributed by atoms with Crippen LogP contribution in [0.1, 0.15) is 54.0 Å². The third-order valence-electron chi connectivity index (χ3n) is 6.13. The Balaban J connectivity index is 2.10. The Hall–Kier alpha value is -1.81. The van der Waals surface area contributed by atoms with Gasteiger partial charge in [-0.3, -0.25) is 4.90 Å². The minimum atomic E-state index is -0.159. The molecule has 1 aromatic carbocycles. The standard InChI is InChI=1S/C26H42FN3/c1-10-20(2)22(4)30(18-25(5,6)7)26(8,9)19-28-13-15-29(16-14-28)24-12-11-23(27)17-21(24)3/h10-12,17H,1,13-16,18-19H2,2-9H3/b22-20+. The predicted molar refractivity (Wildman–Crippen MR) is 129 cm³/mol. The van der Waals surface area contributed by atoms with E-state index in [1.807, 2.05) is 19.1 Å². The number of rotatable bonds is 7. The Labute approximate surface area is 184 Å². The lowest BCUT2D eigenvalue weighted by Gasteiger charge is -2.48. The zero-order chi connectivity index (χ0) is 22.7. The number of allylic oxidation sites excluding steroid dienone is 3. The Morgan fingerprint density at radius 1 is 1.10 bits per heavy atom. The van der Waals surface area contributed by atoms with Crippen molar-refractivity contribution in [1.29, 1.82) is 0 Å². The first-order valence-corrected chi connectivity index (χ1v) is 11.1. The van der Waals surface area contributed by atoms with Crippen LogP contribution < -0.4 is 4.90 Å². The van der Waals surface area contributed by atoms with Crippen molar-refractivity contribution >= 4 is 5.69 Å². The molecule has 3 nitrogen and oxygen atoms in total. The van der Waals surface area contributed by atoms with Crippen LogP contribution in [0.4, 0.5) is 10.1 Å². The molecular weight excluding hydrogens is 373 g/mol. The molecule has 0 radical (unpaired) electrons. The summed E-state index contributed by atoms with van der Waals surface area (Å²) in [6, 6.07) is 5.12. The van der Waals surface area contributed by atoms with Crippen LogP contribution in [0.5, 0.6) is 0 Å². The van der Waals surface area contributed by atoms with Gasteiger partial charge in [0.1, 0.15) is 5.82 Å². The second kappa shape index (κ2) is 9.55. The average molecular weight is 416 g/mol. The summed E-state index contributed by atoms with van der Waals surface area (Å²) in [5.74, 6) is -0.159. The van der Waals surface area contributed by atoms with Crippen molar-refractivity contribution in [2.45, 2.75) is 60.9 Å². The Morgan fingerprint density at radius 2 is 1.70 bits per heavy atom. The van der Waals surface area contributed by atoms with Gasteiger partial charge in [-0.25, -0.2) is 4.39 Å². The van der Waals surface area contributed by atoms with E-state index in [0.29, 0.717) is 0 Å². The lowest BCUT2D eigenvalue weighted by atomic mass is 9.90. The molecular formula is C26H42FN3. The molecule has 30 heavy (non-hydrogen) atoms. The van der Waals surface area contributed by atoms with Crippen LogP contribution in [0.15, 0.2) is 42.1 Å². The summed E-state index contributed by atoms with van der Waals surface area (Å²) in [5, 5.41) is 0. The second-order valence-corrected chi connectivity index (χ2v) is 10.6. The molecule has 0 unspecified atom stereocenters. The van der Waals surface area contributed by atoms with Gasteiger partial charge in [-0.2, -0.15) is 0 Å². The fourth-order valence-electron chi connectivity index (χ4n) is 4.37. The van der Waals surface area contributed by atoms with E-state index in [9.17, 15) is 4.39 Å². The van der Waals surface area contributed by atoms with Crippen LogP contribution in [-0.2, 0) is 0 Å². The van der Waals surface area contributed by atoms with Gasteiger partial charge in [-0.15, -0.1) is 0 Å². The first kappa shape index (κ1) is 24.5.